The van der Waals surface area contributed by atoms with Crippen LogP contribution in [0.4, 0.5) is 0 Å². The summed E-state index contributed by atoms with van der Waals surface area (Å²) in [7, 11) is 0. The number of nitrogens with zero attached hydrogens (tertiary/aromatic N) is 1. The average Bonchev–Trinajstić information content (AvgIpc) is 2.93. The molecule has 0 bridgehead atoms. The van der Waals surface area contributed by atoms with E-state index in [1.165, 1.54) is 0 Å². The summed E-state index contributed by atoms with van der Waals surface area (Å²) in [4.78, 5) is 12.5. The minimum atomic E-state index is -0.518. The molecule has 5 rings (SSSR count). The molecule has 0 spiro atoms. The summed E-state index contributed by atoms with van der Waals surface area (Å²) in [6.45, 7) is 0.234. The predicted octanol–water partition coefficient (Wildman–Crippen LogP) is 7.59. The van der Waals surface area contributed by atoms with Gasteiger partial charge in [0, 0.05) is 32.3 Å². The number of benzene rings is 4. The maximum absolute atomic E-state index is 12.5. The van der Waals surface area contributed by atoms with Crippen molar-refractivity contribution in [3.8, 4) is 23.3 Å². The maximum atomic E-state index is 12.5. The minimum Gasteiger partial charge on any atom is -0.489 e. The van der Waals surface area contributed by atoms with Crippen molar-refractivity contribution in [2.45, 2.75) is 18.9 Å². The molecule has 4 aromatic rings. The van der Waals surface area contributed by atoms with Crippen LogP contribution in [0.15, 0.2) is 96.4 Å². The van der Waals surface area contributed by atoms with Crippen molar-refractivity contribution in [3.05, 3.63) is 134 Å². The number of carbonyl (C=O) groups excluding carboxylic acids is 1. The Bertz CT molecular complexity index is 1660. The van der Waals surface area contributed by atoms with Gasteiger partial charge in [0.25, 0.3) is 0 Å². The van der Waals surface area contributed by atoms with Crippen molar-refractivity contribution < 1.29 is 19.0 Å². The first-order chi connectivity index (χ1) is 19.3. The lowest BCUT2D eigenvalue weighted by Crippen LogP contribution is -2.21. The van der Waals surface area contributed by atoms with E-state index in [1.807, 2.05) is 24.3 Å². The normalized spacial score (nSPS) is 14.1. The zero-order valence-electron chi connectivity index (χ0n) is 20.9. The van der Waals surface area contributed by atoms with Crippen LogP contribution in [-0.2, 0) is 17.8 Å². The van der Waals surface area contributed by atoms with Crippen LogP contribution in [0.25, 0.3) is 0 Å². The molecule has 1 atom stereocenters. The van der Waals surface area contributed by atoms with Crippen molar-refractivity contribution in [2.75, 3.05) is 0 Å². The largest absolute Gasteiger partial charge is 0.489 e. The second-order valence-electron chi connectivity index (χ2n) is 9.00. The summed E-state index contributed by atoms with van der Waals surface area (Å²) in [5.74, 6) is 0.278. The van der Waals surface area contributed by atoms with Crippen LogP contribution in [-0.4, -0.2) is 5.97 Å². The molecule has 0 amide bonds. The lowest BCUT2D eigenvalue weighted by Gasteiger charge is -2.27. The number of ether oxygens (including phenoxy) is 3. The van der Waals surface area contributed by atoms with Gasteiger partial charge in [0.05, 0.1) is 12.3 Å². The molecule has 0 radical (unpaired) electrons. The first-order valence-electron chi connectivity index (χ1n) is 12.1. The Morgan fingerprint density at radius 2 is 1.70 bits per heavy atom. The number of hydrogen-bond donors (Lipinski definition) is 1. The molecule has 40 heavy (non-hydrogen) atoms. The maximum Gasteiger partial charge on any atom is 0.315 e. The fraction of sp³-hybridized carbons (Fsp3) is 0.0968. The highest BCUT2D eigenvalue weighted by Gasteiger charge is 2.31. The molecule has 4 aromatic carbocycles. The van der Waals surface area contributed by atoms with Gasteiger partial charge in [-0.3, -0.25) is 4.79 Å². The van der Waals surface area contributed by atoms with Gasteiger partial charge in [-0.25, -0.2) is 0 Å². The first kappa shape index (κ1) is 27.4. The predicted molar refractivity (Wildman–Crippen MR) is 154 cm³/mol. The zero-order valence-corrected chi connectivity index (χ0v) is 23.1. The number of carbonyl (C=O) groups is 1. The Balaban J connectivity index is 1.38. The van der Waals surface area contributed by atoms with E-state index >= 15 is 0 Å². The quantitative estimate of drug-likeness (QED) is 0.176. The highest BCUT2D eigenvalue weighted by molar-refractivity contribution is 6.35. The Hall–Kier alpha value is -4.15. The van der Waals surface area contributed by atoms with E-state index in [4.69, 9.17) is 54.7 Å². The fourth-order valence-electron chi connectivity index (χ4n) is 4.36. The van der Waals surface area contributed by atoms with Crippen LogP contribution in [0.3, 0.4) is 0 Å². The number of fused-ring (bicyclic) bond motifs is 1. The van der Waals surface area contributed by atoms with E-state index in [9.17, 15) is 10.1 Å². The molecule has 2 N–H and O–H groups in total. The smallest absolute Gasteiger partial charge is 0.315 e. The monoisotopic (exact) mass is 590 g/mol. The SMILES string of the molecule is N#CC1=C(N)Oc2cc(OC(=O)Cc3ccc(Cl)cc3)ccc2C1c1cccc(OCc2ccc(Cl)cc2Cl)c1. The van der Waals surface area contributed by atoms with Gasteiger partial charge in [-0.2, -0.15) is 5.26 Å². The number of nitrogens with two attached hydrogens (primary N) is 1. The molecule has 0 saturated heterocycles. The number of nitriles is 1. The van der Waals surface area contributed by atoms with E-state index < -0.39 is 11.9 Å². The third kappa shape index (κ3) is 6.19. The first-order valence-corrected chi connectivity index (χ1v) is 13.3. The molecular weight excluding hydrogens is 571 g/mol. The highest BCUT2D eigenvalue weighted by atomic mass is 35.5. The number of allylic oxidation sites excluding steroid dienone is 1. The number of esters is 1. The molecule has 0 aromatic heterocycles. The highest BCUT2D eigenvalue weighted by Crippen LogP contribution is 2.44. The Morgan fingerprint density at radius 1 is 0.925 bits per heavy atom. The van der Waals surface area contributed by atoms with Crippen molar-refractivity contribution >= 4 is 40.8 Å². The molecule has 0 aliphatic carbocycles. The van der Waals surface area contributed by atoms with Gasteiger partial charge in [0.15, 0.2) is 0 Å². The van der Waals surface area contributed by atoms with Gasteiger partial charge in [-0.15, -0.1) is 0 Å². The third-order valence-electron chi connectivity index (χ3n) is 6.28. The van der Waals surface area contributed by atoms with Gasteiger partial charge < -0.3 is 19.9 Å². The van der Waals surface area contributed by atoms with E-state index in [1.54, 1.807) is 60.7 Å². The van der Waals surface area contributed by atoms with Crippen LogP contribution in [0.5, 0.6) is 17.2 Å². The molecule has 1 aliphatic rings. The average molecular weight is 592 g/mol. The Labute approximate surface area is 246 Å². The summed E-state index contributed by atoms with van der Waals surface area (Å²) in [5, 5.41) is 11.6. The van der Waals surface area contributed by atoms with Gasteiger partial charge >= 0.3 is 5.97 Å². The van der Waals surface area contributed by atoms with E-state index in [-0.39, 0.29) is 24.5 Å². The van der Waals surface area contributed by atoms with Gasteiger partial charge in [0.2, 0.25) is 5.88 Å². The van der Waals surface area contributed by atoms with Gasteiger partial charge in [0.1, 0.15) is 35.5 Å². The van der Waals surface area contributed by atoms with Crippen molar-refractivity contribution in [1.82, 2.24) is 0 Å². The summed E-state index contributed by atoms with van der Waals surface area (Å²) in [6.07, 6.45) is 0.0758. The summed E-state index contributed by atoms with van der Waals surface area (Å²) < 4.78 is 17.3. The van der Waals surface area contributed by atoms with Crippen LogP contribution in [0, 0.1) is 11.3 Å². The zero-order chi connectivity index (χ0) is 28.2. The topological polar surface area (TPSA) is 94.6 Å². The van der Waals surface area contributed by atoms with Crippen LogP contribution >= 0.6 is 34.8 Å². The van der Waals surface area contributed by atoms with Gasteiger partial charge in [-0.05, 0) is 53.6 Å². The van der Waals surface area contributed by atoms with E-state index in [2.05, 4.69) is 6.07 Å². The molecule has 200 valence electrons. The summed E-state index contributed by atoms with van der Waals surface area (Å²) in [5.41, 5.74) is 9.45. The standard InChI is InChI=1S/C31H21Cl3N2O4/c32-21-7-4-18(5-8-21)12-29(37)39-24-10-11-25-28(15-24)40-31(36)26(16-35)30(25)19-2-1-3-23(13-19)38-17-20-6-9-22(33)14-27(20)34/h1-11,13-15,30H,12,17,36H2. The molecular formula is C31H21Cl3N2O4. The number of rotatable bonds is 7. The van der Waals surface area contributed by atoms with Crippen LogP contribution in [0.2, 0.25) is 15.1 Å². The second-order valence-corrected chi connectivity index (χ2v) is 10.3. The third-order valence-corrected chi connectivity index (χ3v) is 7.12. The van der Waals surface area contributed by atoms with Crippen molar-refractivity contribution in [3.63, 3.8) is 0 Å². The summed E-state index contributed by atoms with van der Waals surface area (Å²) >= 11 is 18.2. The molecule has 0 saturated carbocycles. The second kappa shape index (κ2) is 11.9. The lowest BCUT2D eigenvalue weighted by molar-refractivity contribution is -0.133. The molecule has 0 fully saturated rings. The van der Waals surface area contributed by atoms with Crippen molar-refractivity contribution in [1.29, 1.82) is 5.26 Å². The lowest BCUT2D eigenvalue weighted by atomic mass is 9.83. The fourth-order valence-corrected chi connectivity index (χ4v) is 4.95. The minimum absolute atomic E-state index is 0.0242. The molecule has 9 heteroatoms. The van der Waals surface area contributed by atoms with Gasteiger partial charge in [-0.1, -0.05) is 71.2 Å². The molecule has 1 aliphatic heterocycles. The summed E-state index contributed by atoms with van der Waals surface area (Å²) in [6, 6.07) is 26.7. The molecule has 1 heterocycles. The molecule has 6 nitrogen and oxygen atoms in total. The Morgan fingerprint density at radius 3 is 2.45 bits per heavy atom. The van der Waals surface area contributed by atoms with Crippen molar-refractivity contribution in [2.24, 2.45) is 5.73 Å². The van der Waals surface area contributed by atoms with E-state index in [0.717, 1.165) is 16.7 Å². The number of halogens is 3. The van der Waals surface area contributed by atoms with Crippen LogP contribution in [0.1, 0.15) is 28.2 Å². The molecule has 1 unspecified atom stereocenters. The van der Waals surface area contributed by atoms with E-state index in [0.29, 0.717) is 37.9 Å². The van der Waals surface area contributed by atoms with Crippen LogP contribution < -0.4 is 19.9 Å². The Kier molecular flexibility index (Phi) is 8.18. The number of hydrogen-bond acceptors (Lipinski definition) is 6.